The van der Waals surface area contributed by atoms with Crippen LogP contribution in [-0.4, -0.2) is 56.6 Å². The lowest BCUT2D eigenvalue weighted by atomic mass is 10.4. The highest BCUT2D eigenvalue weighted by Gasteiger charge is 2.07. The minimum Gasteiger partial charge on any atom is -0.363 e. The third-order valence-electron chi connectivity index (χ3n) is 2.36. The normalized spacial score (nSPS) is 9.68. The maximum absolute atomic E-state index is 11.5. The fourth-order valence-electron chi connectivity index (χ4n) is 1.21. The second-order valence-electron chi connectivity index (χ2n) is 4.40. The zero-order chi connectivity index (χ0) is 14.4. The average Bonchev–Trinajstić information content (AvgIpc) is 2.36. The maximum atomic E-state index is 11.5. The first-order valence-corrected chi connectivity index (χ1v) is 5.78. The van der Waals surface area contributed by atoms with E-state index in [0.29, 0.717) is 5.69 Å². The van der Waals surface area contributed by atoms with Crippen LogP contribution in [0.1, 0.15) is 0 Å². The van der Waals surface area contributed by atoms with E-state index in [1.807, 2.05) is 19.0 Å². The lowest BCUT2D eigenvalue weighted by Crippen LogP contribution is -2.38. The number of nitrogens with one attached hydrogen (secondary N) is 2. The van der Waals surface area contributed by atoms with Crippen LogP contribution in [0.2, 0.25) is 0 Å². The van der Waals surface area contributed by atoms with E-state index in [1.165, 1.54) is 4.90 Å². The Morgan fingerprint density at radius 1 is 1.21 bits per heavy atom. The molecule has 0 aromatic carbocycles. The van der Waals surface area contributed by atoms with Crippen molar-refractivity contribution < 1.29 is 9.59 Å². The summed E-state index contributed by atoms with van der Waals surface area (Å²) in [7, 11) is 7.03. The molecule has 7 nitrogen and oxygen atoms in total. The monoisotopic (exact) mass is 265 g/mol. The van der Waals surface area contributed by atoms with Crippen molar-refractivity contribution in [3.63, 3.8) is 0 Å². The van der Waals surface area contributed by atoms with Crippen LogP contribution in [-0.2, 0) is 4.79 Å². The average molecular weight is 265 g/mol. The molecule has 0 spiro atoms. The van der Waals surface area contributed by atoms with Gasteiger partial charge in [0.15, 0.2) is 0 Å². The number of hydrogen-bond donors (Lipinski definition) is 2. The SMILES string of the molecule is CN(C)C(=O)CNC(=O)Nc1ccc(N(C)C)nc1. The fraction of sp³-hybridized carbons (Fsp3) is 0.417. The van der Waals surface area contributed by atoms with E-state index in [-0.39, 0.29) is 12.5 Å². The molecule has 0 radical (unpaired) electrons. The zero-order valence-electron chi connectivity index (χ0n) is 11.6. The molecular formula is C12H19N5O2. The van der Waals surface area contributed by atoms with Crippen molar-refractivity contribution >= 4 is 23.4 Å². The number of carbonyl (C=O) groups is 2. The number of carbonyl (C=O) groups excluding carboxylic acids is 2. The molecule has 0 atom stereocenters. The Kier molecular flexibility index (Phi) is 5.11. The topological polar surface area (TPSA) is 77.6 Å². The van der Waals surface area contributed by atoms with E-state index in [4.69, 9.17) is 0 Å². The molecule has 7 heteroatoms. The van der Waals surface area contributed by atoms with Gasteiger partial charge in [0.25, 0.3) is 0 Å². The van der Waals surface area contributed by atoms with Crippen LogP contribution in [0.15, 0.2) is 18.3 Å². The molecule has 1 aromatic heterocycles. The Balaban J connectivity index is 2.46. The van der Waals surface area contributed by atoms with Crippen molar-refractivity contribution in [3.05, 3.63) is 18.3 Å². The van der Waals surface area contributed by atoms with Gasteiger partial charge in [0.05, 0.1) is 18.4 Å². The van der Waals surface area contributed by atoms with Crippen LogP contribution in [0.4, 0.5) is 16.3 Å². The molecule has 0 aliphatic heterocycles. The van der Waals surface area contributed by atoms with Crippen LogP contribution in [0, 0.1) is 0 Å². The minimum absolute atomic E-state index is 0.0396. The Labute approximate surface area is 112 Å². The molecule has 0 aliphatic carbocycles. The third kappa shape index (κ3) is 4.82. The van der Waals surface area contributed by atoms with Gasteiger partial charge in [-0.3, -0.25) is 4.79 Å². The molecule has 1 aromatic rings. The molecule has 2 N–H and O–H groups in total. The third-order valence-corrected chi connectivity index (χ3v) is 2.36. The smallest absolute Gasteiger partial charge is 0.319 e. The van der Waals surface area contributed by atoms with Crippen molar-refractivity contribution in [2.24, 2.45) is 0 Å². The first kappa shape index (κ1) is 14.7. The van der Waals surface area contributed by atoms with Gasteiger partial charge in [-0.05, 0) is 12.1 Å². The van der Waals surface area contributed by atoms with Crippen LogP contribution in [0.25, 0.3) is 0 Å². The molecular weight excluding hydrogens is 246 g/mol. The molecule has 0 fully saturated rings. The molecule has 0 unspecified atom stereocenters. The van der Waals surface area contributed by atoms with Gasteiger partial charge >= 0.3 is 6.03 Å². The van der Waals surface area contributed by atoms with E-state index in [0.717, 1.165) is 5.82 Å². The van der Waals surface area contributed by atoms with E-state index >= 15 is 0 Å². The molecule has 0 saturated heterocycles. The van der Waals surface area contributed by atoms with E-state index < -0.39 is 6.03 Å². The van der Waals surface area contributed by atoms with Gasteiger partial charge in [-0.1, -0.05) is 0 Å². The first-order valence-electron chi connectivity index (χ1n) is 5.78. The summed E-state index contributed by atoms with van der Waals surface area (Å²) in [6.07, 6.45) is 1.56. The summed E-state index contributed by atoms with van der Waals surface area (Å²) in [5, 5.41) is 5.07. The molecule has 104 valence electrons. The van der Waals surface area contributed by atoms with Gasteiger partial charge in [0, 0.05) is 28.2 Å². The molecule has 1 heterocycles. The highest BCUT2D eigenvalue weighted by molar-refractivity contribution is 5.92. The summed E-state index contributed by atoms with van der Waals surface area (Å²) < 4.78 is 0. The second kappa shape index (κ2) is 6.58. The lowest BCUT2D eigenvalue weighted by Gasteiger charge is -2.13. The number of aromatic nitrogens is 1. The van der Waals surface area contributed by atoms with Crippen molar-refractivity contribution in [2.45, 2.75) is 0 Å². The van der Waals surface area contributed by atoms with E-state index in [9.17, 15) is 9.59 Å². The van der Waals surface area contributed by atoms with Crippen molar-refractivity contribution in [2.75, 3.05) is 45.0 Å². The molecule has 1 rings (SSSR count). The maximum Gasteiger partial charge on any atom is 0.319 e. The molecule has 0 bridgehead atoms. The number of pyridine rings is 1. The second-order valence-corrected chi connectivity index (χ2v) is 4.40. The van der Waals surface area contributed by atoms with Crippen molar-refractivity contribution in [1.29, 1.82) is 0 Å². The highest BCUT2D eigenvalue weighted by Crippen LogP contribution is 2.11. The number of likely N-dealkylation sites (N-methyl/N-ethyl adjacent to an activating group) is 1. The number of amides is 3. The number of urea groups is 1. The summed E-state index contributed by atoms with van der Waals surface area (Å²) in [5.74, 6) is 0.630. The number of hydrogen-bond acceptors (Lipinski definition) is 4. The lowest BCUT2D eigenvalue weighted by molar-refractivity contribution is -0.127. The van der Waals surface area contributed by atoms with E-state index in [1.54, 1.807) is 32.4 Å². The van der Waals surface area contributed by atoms with E-state index in [2.05, 4.69) is 15.6 Å². The Morgan fingerprint density at radius 2 is 1.89 bits per heavy atom. The molecule has 3 amide bonds. The Hall–Kier alpha value is -2.31. The van der Waals surface area contributed by atoms with Gasteiger partial charge in [-0.2, -0.15) is 0 Å². The van der Waals surface area contributed by atoms with Crippen molar-refractivity contribution in [1.82, 2.24) is 15.2 Å². The summed E-state index contributed by atoms with van der Waals surface area (Å²) in [5.41, 5.74) is 0.570. The van der Waals surface area contributed by atoms with Gasteiger partial charge in [0.1, 0.15) is 5.82 Å². The number of rotatable bonds is 4. The Morgan fingerprint density at radius 3 is 2.37 bits per heavy atom. The standard InChI is InChI=1S/C12H19N5O2/c1-16(2)10-6-5-9(7-13-10)15-12(19)14-8-11(18)17(3)4/h5-7H,8H2,1-4H3,(H2,14,15,19). The van der Waals surface area contributed by atoms with Gasteiger partial charge in [0.2, 0.25) is 5.91 Å². The summed E-state index contributed by atoms with van der Waals surface area (Å²) in [6.45, 7) is -0.0396. The Bertz CT molecular complexity index is 442. The van der Waals surface area contributed by atoms with Crippen LogP contribution in [0.3, 0.4) is 0 Å². The molecule has 19 heavy (non-hydrogen) atoms. The summed E-state index contributed by atoms with van der Waals surface area (Å²) >= 11 is 0. The molecule has 0 saturated carbocycles. The molecule has 0 aliphatic rings. The van der Waals surface area contributed by atoms with Crippen LogP contribution < -0.4 is 15.5 Å². The van der Waals surface area contributed by atoms with Crippen LogP contribution in [0.5, 0.6) is 0 Å². The zero-order valence-corrected chi connectivity index (χ0v) is 11.6. The largest absolute Gasteiger partial charge is 0.363 e. The fourth-order valence-corrected chi connectivity index (χ4v) is 1.21. The quantitative estimate of drug-likeness (QED) is 0.824. The highest BCUT2D eigenvalue weighted by atomic mass is 16.2. The minimum atomic E-state index is -0.436. The summed E-state index contributed by atoms with van der Waals surface area (Å²) in [6, 6.07) is 3.10. The number of nitrogens with zero attached hydrogens (tertiary/aromatic N) is 3. The van der Waals surface area contributed by atoms with Gasteiger partial charge < -0.3 is 20.4 Å². The van der Waals surface area contributed by atoms with Gasteiger partial charge in [-0.25, -0.2) is 9.78 Å². The first-order chi connectivity index (χ1) is 8.90. The van der Waals surface area contributed by atoms with Crippen molar-refractivity contribution in [3.8, 4) is 0 Å². The number of anilines is 2. The predicted molar refractivity (Wildman–Crippen MR) is 74.3 cm³/mol. The van der Waals surface area contributed by atoms with Crippen LogP contribution >= 0.6 is 0 Å². The van der Waals surface area contributed by atoms with Gasteiger partial charge in [-0.15, -0.1) is 0 Å². The summed E-state index contributed by atoms with van der Waals surface area (Å²) in [4.78, 5) is 30.2. The predicted octanol–water partition coefficient (Wildman–Crippen LogP) is 0.357.